The molecule has 0 saturated carbocycles. The monoisotopic (exact) mass is 324 g/mol. The molecule has 0 aliphatic heterocycles. The van der Waals surface area contributed by atoms with Crippen molar-refractivity contribution in [2.75, 3.05) is 6.61 Å². The molecule has 0 aliphatic carbocycles. The van der Waals surface area contributed by atoms with E-state index in [-0.39, 0.29) is 0 Å². The Bertz CT molecular complexity index is 822. The number of aliphatic hydroxyl groups is 1. The Kier molecular flexibility index (Phi) is 4.86. The number of aliphatic hydroxyl groups excluding tert-OH is 1. The molecule has 4 nitrogen and oxygen atoms in total. The van der Waals surface area contributed by atoms with Gasteiger partial charge in [0.25, 0.3) is 0 Å². The maximum Gasteiger partial charge on any atom is 0.137 e. The Morgan fingerprint density at radius 3 is 2.54 bits per heavy atom. The minimum atomic E-state index is -0.549. The van der Waals surface area contributed by atoms with Crippen LogP contribution in [-0.4, -0.2) is 21.1 Å². The van der Waals surface area contributed by atoms with Gasteiger partial charge in [-0.3, -0.25) is 4.40 Å². The van der Waals surface area contributed by atoms with Gasteiger partial charge in [-0.1, -0.05) is 19.9 Å². The molecule has 0 bridgehead atoms. The molecule has 0 fully saturated rings. The first-order chi connectivity index (χ1) is 11.7. The van der Waals surface area contributed by atoms with E-state index in [9.17, 15) is 5.11 Å². The van der Waals surface area contributed by atoms with Crippen LogP contribution >= 0.6 is 0 Å². The van der Waals surface area contributed by atoms with E-state index in [4.69, 9.17) is 9.72 Å². The summed E-state index contributed by atoms with van der Waals surface area (Å²) in [6.45, 7) is 6.82. The highest BCUT2D eigenvalue weighted by Gasteiger charge is 2.20. The van der Waals surface area contributed by atoms with Crippen LogP contribution in [0.4, 0.5) is 0 Å². The highest BCUT2D eigenvalue weighted by atomic mass is 16.5. The van der Waals surface area contributed by atoms with Crippen molar-refractivity contribution in [3.05, 3.63) is 53.9 Å². The molecule has 1 atom stereocenters. The van der Waals surface area contributed by atoms with Crippen LogP contribution < -0.4 is 4.74 Å². The molecule has 3 aromatic rings. The zero-order valence-electron chi connectivity index (χ0n) is 14.5. The summed E-state index contributed by atoms with van der Waals surface area (Å²) in [4.78, 5) is 4.77. The fourth-order valence-electron chi connectivity index (χ4n) is 2.92. The number of hydrogen-bond donors (Lipinski definition) is 1. The van der Waals surface area contributed by atoms with Gasteiger partial charge in [-0.15, -0.1) is 0 Å². The third-order valence-electron chi connectivity index (χ3n) is 4.18. The number of ether oxygens (including phenoxy) is 1. The summed E-state index contributed by atoms with van der Waals surface area (Å²) in [5, 5.41) is 10.6. The van der Waals surface area contributed by atoms with Crippen LogP contribution in [0.1, 0.15) is 44.2 Å². The minimum Gasteiger partial charge on any atom is -0.494 e. The summed E-state index contributed by atoms with van der Waals surface area (Å²) < 4.78 is 7.69. The number of pyridine rings is 1. The van der Waals surface area contributed by atoms with Crippen LogP contribution in [0, 0.1) is 6.92 Å². The van der Waals surface area contributed by atoms with Gasteiger partial charge in [0.15, 0.2) is 0 Å². The molecule has 1 unspecified atom stereocenters. The first-order valence-corrected chi connectivity index (χ1v) is 8.55. The first-order valence-electron chi connectivity index (χ1n) is 8.55. The Morgan fingerprint density at radius 1 is 1.12 bits per heavy atom. The summed E-state index contributed by atoms with van der Waals surface area (Å²) >= 11 is 0. The number of rotatable bonds is 6. The molecule has 0 saturated heterocycles. The molecule has 0 aliphatic rings. The molecule has 0 radical (unpaired) electrons. The summed E-state index contributed by atoms with van der Waals surface area (Å²) in [7, 11) is 0. The number of aryl methyl sites for hydroxylation is 1. The highest BCUT2D eigenvalue weighted by molar-refractivity contribution is 5.68. The van der Waals surface area contributed by atoms with Crippen molar-refractivity contribution >= 4 is 5.65 Å². The second kappa shape index (κ2) is 7.05. The molecule has 24 heavy (non-hydrogen) atoms. The van der Waals surface area contributed by atoms with Crippen molar-refractivity contribution in [1.82, 2.24) is 9.38 Å². The third kappa shape index (κ3) is 3.02. The Hall–Kier alpha value is -2.33. The van der Waals surface area contributed by atoms with E-state index in [2.05, 4.69) is 6.92 Å². The second-order valence-electron chi connectivity index (χ2n) is 6.00. The van der Waals surface area contributed by atoms with Crippen molar-refractivity contribution in [2.45, 2.75) is 39.7 Å². The van der Waals surface area contributed by atoms with Crippen molar-refractivity contribution in [3.63, 3.8) is 0 Å². The first kappa shape index (κ1) is 16.5. The normalized spacial score (nSPS) is 12.5. The lowest BCUT2D eigenvalue weighted by atomic mass is 10.1. The van der Waals surface area contributed by atoms with Crippen molar-refractivity contribution in [3.8, 4) is 17.0 Å². The fourth-order valence-corrected chi connectivity index (χ4v) is 2.92. The molecule has 126 valence electrons. The van der Waals surface area contributed by atoms with Crippen molar-refractivity contribution in [1.29, 1.82) is 0 Å². The quantitative estimate of drug-likeness (QED) is 0.724. The topological polar surface area (TPSA) is 46.8 Å². The highest BCUT2D eigenvalue weighted by Crippen LogP contribution is 2.32. The number of fused-ring (bicyclic) bond motifs is 1. The van der Waals surface area contributed by atoms with Gasteiger partial charge in [0, 0.05) is 11.3 Å². The molecular weight excluding hydrogens is 300 g/mol. The molecule has 0 amide bonds. The second-order valence-corrected chi connectivity index (χ2v) is 6.00. The molecular formula is C20H24N2O2. The maximum atomic E-state index is 10.6. The van der Waals surface area contributed by atoms with E-state index in [1.165, 1.54) is 0 Å². The third-order valence-corrected chi connectivity index (χ3v) is 4.18. The fraction of sp³-hybridized carbons (Fsp3) is 0.350. The van der Waals surface area contributed by atoms with E-state index < -0.39 is 6.10 Å². The number of nitrogens with zero attached hydrogens (tertiary/aromatic N) is 2. The Labute approximate surface area is 142 Å². The molecule has 0 spiro atoms. The van der Waals surface area contributed by atoms with Gasteiger partial charge in [0.2, 0.25) is 0 Å². The van der Waals surface area contributed by atoms with Crippen LogP contribution in [0.2, 0.25) is 0 Å². The summed E-state index contributed by atoms with van der Waals surface area (Å²) in [6, 6.07) is 13.9. The van der Waals surface area contributed by atoms with Gasteiger partial charge in [0.05, 0.1) is 24.1 Å². The van der Waals surface area contributed by atoms with Gasteiger partial charge < -0.3 is 9.84 Å². The lowest BCUT2D eigenvalue weighted by Gasteiger charge is -2.12. The van der Waals surface area contributed by atoms with E-state index in [0.717, 1.165) is 40.5 Å². The van der Waals surface area contributed by atoms with Crippen LogP contribution in [0.5, 0.6) is 5.75 Å². The summed E-state index contributed by atoms with van der Waals surface area (Å²) in [5.74, 6) is 0.859. The van der Waals surface area contributed by atoms with Crippen LogP contribution in [0.3, 0.4) is 0 Å². The summed E-state index contributed by atoms with van der Waals surface area (Å²) in [5.41, 5.74) is 4.61. The summed E-state index contributed by atoms with van der Waals surface area (Å²) in [6.07, 6.45) is 1.08. The van der Waals surface area contributed by atoms with Crippen molar-refractivity contribution < 1.29 is 9.84 Å². The van der Waals surface area contributed by atoms with E-state index in [1.54, 1.807) is 0 Å². The van der Waals surface area contributed by atoms with Gasteiger partial charge in [0.1, 0.15) is 11.4 Å². The van der Waals surface area contributed by atoms with E-state index in [1.807, 2.05) is 60.7 Å². The predicted octanol–water partition coefficient (Wildman–Crippen LogP) is 4.54. The van der Waals surface area contributed by atoms with Crippen LogP contribution in [-0.2, 0) is 0 Å². The molecule has 1 aromatic carbocycles. The molecule has 1 N–H and O–H groups in total. The van der Waals surface area contributed by atoms with Crippen LogP contribution in [0.15, 0.2) is 42.5 Å². The average Bonchev–Trinajstić information content (AvgIpc) is 3.00. The number of aromatic nitrogens is 2. The maximum absolute atomic E-state index is 10.6. The number of benzene rings is 1. The molecule has 4 heteroatoms. The largest absolute Gasteiger partial charge is 0.494 e. The SMILES string of the molecule is CCCOc1ccc(-c2nc3cccc(C)n3c2C(O)CC)cc1. The van der Waals surface area contributed by atoms with Crippen molar-refractivity contribution in [2.24, 2.45) is 0 Å². The van der Waals surface area contributed by atoms with Gasteiger partial charge in [-0.25, -0.2) is 4.98 Å². The Balaban J connectivity index is 2.10. The van der Waals surface area contributed by atoms with Gasteiger partial charge >= 0.3 is 0 Å². The lowest BCUT2D eigenvalue weighted by Crippen LogP contribution is -2.04. The minimum absolute atomic E-state index is 0.549. The average molecular weight is 324 g/mol. The zero-order valence-corrected chi connectivity index (χ0v) is 14.5. The van der Waals surface area contributed by atoms with Crippen LogP contribution in [0.25, 0.3) is 16.9 Å². The molecule has 2 heterocycles. The molecule has 2 aromatic heterocycles. The van der Waals surface area contributed by atoms with E-state index in [0.29, 0.717) is 13.0 Å². The van der Waals surface area contributed by atoms with E-state index >= 15 is 0 Å². The standard InChI is InChI=1S/C20H24N2O2/c1-4-13-24-16-11-9-15(10-12-16)19-20(17(23)5-2)22-14(3)7-6-8-18(22)21-19/h6-12,17,23H,4-5,13H2,1-3H3. The predicted molar refractivity (Wildman–Crippen MR) is 96.4 cm³/mol. The Morgan fingerprint density at radius 2 is 1.88 bits per heavy atom. The number of hydrogen-bond acceptors (Lipinski definition) is 3. The lowest BCUT2D eigenvalue weighted by molar-refractivity contribution is 0.168. The van der Waals surface area contributed by atoms with Gasteiger partial charge in [-0.05, 0) is 56.2 Å². The smallest absolute Gasteiger partial charge is 0.137 e. The molecule has 3 rings (SSSR count). The number of imidazole rings is 1. The van der Waals surface area contributed by atoms with Gasteiger partial charge in [-0.2, -0.15) is 0 Å². The zero-order chi connectivity index (χ0) is 17.1.